The Morgan fingerprint density at radius 1 is 0.479 bits per heavy atom. The minimum absolute atomic E-state index is 0.0139. The van der Waals surface area contributed by atoms with E-state index in [-0.39, 0.29) is 5.41 Å². The van der Waals surface area contributed by atoms with Gasteiger partial charge in [0.1, 0.15) is 0 Å². The summed E-state index contributed by atoms with van der Waals surface area (Å²) in [4.78, 5) is 15.3. The predicted octanol–water partition coefficient (Wildman–Crippen LogP) is 10.8. The van der Waals surface area contributed by atoms with Gasteiger partial charge in [0.15, 0.2) is 17.5 Å². The fourth-order valence-corrected chi connectivity index (χ4v) is 8.12. The molecule has 0 amide bonds. The molecule has 1 spiro atoms. The molecular formula is C44H32N4. The first-order valence-electron chi connectivity index (χ1n) is 16.8. The van der Waals surface area contributed by atoms with Crippen molar-refractivity contribution >= 4 is 10.8 Å². The Kier molecular flexibility index (Phi) is 6.73. The Hall–Kier alpha value is -5.92. The lowest BCUT2D eigenvalue weighted by molar-refractivity contribution is 0.353. The van der Waals surface area contributed by atoms with Gasteiger partial charge in [-0.3, -0.25) is 0 Å². The van der Waals surface area contributed by atoms with Crippen molar-refractivity contribution in [3.8, 4) is 62.5 Å². The molecule has 0 saturated heterocycles. The van der Waals surface area contributed by atoms with Crippen molar-refractivity contribution in [2.24, 2.45) is 0 Å². The molecule has 2 aliphatic rings. The molecular weight excluding hydrogens is 585 g/mol. The topological polar surface area (TPSA) is 62.5 Å². The Balaban J connectivity index is 1.23. The van der Waals surface area contributed by atoms with Crippen molar-refractivity contribution in [1.82, 2.24) is 15.0 Å². The first-order chi connectivity index (χ1) is 23.7. The molecule has 4 heteroatoms. The minimum atomic E-state index is -0.0139. The number of rotatable bonds is 4. The second kappa shape index (κ2) is 11.4. The van der Waals surface area contributed by atoms with E-state index in [2.05, 4.69) is 115 Å². The molecule has 6 aromatic carbocycles. The summed E-state index contributed by atoms with van der Waals surface area (Å²) in [5, 5.41) is 12.0. The van der Waals surface area contributed by atoms with Crippen molar-refractivity contribution < 1.29 is 0 Å². The maximum atomic E-state index is 9.77. The van der Waals surface area contributed by atoms with Crippen LogP contribution in [0.3, 0.4) is 0 Å². The van der Waals surface area contributed by atoms with E-state index in [0.29, 0.717) is 17.5 Å². The SMILES string of the molecule is N#Cc1ccc2c(c1)C1(CCCCC1)c1ccc(-c3ccccc3-c3nc(-c4ccccc4)nc(-c4cccc5ccccc45)n3)cc1-2. The maximum Gasteiger partial charge on any atom is 0.164 e. The lowest BCUT2D eigenvalue weighted by Gasteiger charge is -2.36. The van der Waals surface area contributed by atoms with E-state index in [4.69, 9.17) is 15.0 Å². The van der Waals surface area contributed by atoms with E-state index >= 15 is 0 Å². The van der Waals surface area contributed by atoms with Gasteiger partial charge in [0.05, 0.1) is 11.6 Å². The number of nitriles is 1. The molecule has 9 rings (SSSR count). The summed E-state index contributed by atoms with van der Waals surface area (Å²) in [6, 6.07) is 48.9. The number of benzene rings is 6. The van der Waals surface area contributed by atoms with Gasteiger partial charge in [-0.25, -0.2) is 15.0 Å². The average Bonchev–Trinajstić information content (AvgIpc) is 3.42. The highest BCUT2D eigenvalue weighted by atomic mass is 15.0. The van der Waals surface area contributed by atoms with Gasteiger partial charge in [-0.05, 0) is 75.2 Å². The summed E-state index contributed by atoms with van der Waals surface area (Å²) in [5.41, 5.74) is 11.1. The van der Waals surface area contributed by atoms with Crippen LogP contribution in [0.25, 0.3) is 67.2 Å². The zero-order chi connectivity index (χ0) is 32.1. The molecule has 0 N–H and O–H groups in total. The van der Waals surface area contributed by atoms with E-state index in [1.165, 1.54) is 41.5 Å². The number of fused-ring (bicyclic) bond motifs is 6. The van der Waals surface area contributed by atoms with E-state index in [1.807, 2.05) is 24.3 Å². The predicted molar refractivity (Wildman–Crippen MR) is 193 cm³/mol. The normalized spacial score (nSPS) is 14.4. The van der Waals surface area contributed by atoms with E-state index < -0.39 is 0 Å². The van der Waals surface area contributed by atoms with Gasteiger partial charge in [-0.1, -0.05) is 135 Å². The molecule has 0 unspecified atom stereocenters. The molecule has 1 aromatic heterocycles. The highest BCUT2D eigenvalue weighted by molar-refractivity contribution is 5.96. The molecule has 0 bridgehead atoms. The van der Waals surface area contributed by atoms with E-state index in [0.717, 1.165) is 57.0 Å². The Labute approximate surface area is 280 Å². The molecule has 1 saturated carbocycles. The first-order valence-corrected chi connectivity index (χ1v) is 16.8. The second-order valence-electron chi connectivity index (χ2n) is 13.0. The monoisotopic (exact) mass is 616 g/mol. The van der Waals surface area contributed by atoms with Crippen LogP contribution in [0.15, 0.2) is 133 Å². The fourth-order valence-electron chi connectivity index (χ4n) is 8.12. The molecule has 0 radical (unpaired) electrons. The van der Waals surface area contributed by atoms with Crippen LogP contribution in [-0.4, -0.2) is 15.0 Å². The van der Waals surface area contributed by atoms with Gasteiger partial charge in [0, 0.05) is 22.1 Å². The minimum Gasteiger partial charge on any atom is -0.208 e. The van der Waals surface area contributed by atoms with Gasteiger partial charge in [0.25, 0.3) is 0 Å². The molecule has 7 aromatic rings. The van der Waals surface area contributed by atoms with Crippen molar-refractivity contribution in [2.75, 3.05) is 0 Å². The van der Waals surface area contributed by atoms with E-state index in [9.17, 15) is 5.26 Å². The third-order valence-electron chi connectivity index (χ3n) is 10.4. The zero-order valence-corrected chi connectivity index (χ0v) is 26.5. The lowest BCUT2D eigenvalue weighted by Crippen LogP contribution is -2.28. The van der Waals surface area contributed by atoms with Crippen molar-refractivity contribution in [3.05, 3.63) is 150 Å². The van der Waals surface area contributed by atoms with E-state index in [1.54, 1.807) is 0 Å². The summed E-state index contributed by atoms with van der Waals surface area (Å²) in [5.74, 6) is 1.94. The Morgan fingerprint density at radius 3 is 2.00 bits per heavy atom. The smallest absolute Gasteiger partial charge is 0.164 e. The van der Waals surface area contributed by atoms with Gasteiger partial charge in [-0.15, -0.1) is 0 Å². The second-order valence-corrected chi connectivity index (χ2v) is 13.0. The molecule has 4 nitrogen and oxygen atoms in total. The van der Waals surface area contributed by atoms with Gasteiger partial charge in [-0.2, -0.15) is 5.26 Å². The number of hydrogen-bond acceptors (Lipinski definition) is 4. The van der Waals surface area contributed by atoms with Crippen LogP contribution in [0.2, 0.25) is 0 Å². The van der Waals surface area contributed by atoms with Crippen LogP contribution in [0, 0.1) is 11.3 Å². The van der Waals surface area contributed by atoms with Crippen LogP contribution in [0.1, 0.15) is 48.8 Å². The lowest BCUT2D eigenvalue weighted by atomic mass is 9.67. The maximum absolute atomic E-state index is 9.77. The Morgan fingerprint density at radius 2 is 1.17 bits per heavy atom. The van der Waals surface area contributed by atoms with Crippen molar-refractivity contribution in [3.63, 3.8) is 0 Å². The fraction of sp³-hybridized carbons (Fsp3) is 0.136. The summed E-state index contributed by atoms with van der Waals surface area (Å²) in [7, 11) is 0. The van der Waals surface area contributed by atoms with Crippen LogP contribution in [0.5, 0.6) is 0 Å². The molecule has 2 aliphatic carbocycles. The van der Waals surface area contributed by atoms with Crippen molar-refractivity contribution in [1.29, 1.82) is 5.26 Å². The number of aromatic nitrogens is 3. The number of nitrogens with zero attached hydrogens (tertiary/aromatic N) is 4. The third kappa shape index (κ3) is 4.54. The molecule has 1 fully saturated rings. The quantitative estimate of drug-likeness (QED) is 0.197. The standard InChI is InChI=1S/C44H32N4/c45-28-29-20-22-35-38-27-32(21-23-39(38)44(40(35)26-29)24-9-2-10-25-44)34-17-7-8-18-36(34)42-46-41(31-13-3-1-4-14-31)47-43(48-42)37-19-11-15-30-12-5-6-16-33(30)37/h1,3-8,11-23,26-27H,2,9-10,24-25H2. The zero-order valence-electron chi connectivity index (χ0n) is 26.5. The van der Waals surface area contributed by atoms with Crippen LogP contribution < -0.4 is 0 Å². The molecule has 0 atom stereocenters. The van der Waals surface area contributed by atoms with Gasteiger partial charge < -0.3 is 0 Å². The summed E-state index contributed by atoms with van der Waals surface area (Å²) in [6.07, 6.45) is 5.95. The highest BCUT2D eigenvalue weighted by Crippen LogP contribution is 2.56. The highest BCUT2D eigenvalue weighted by Gasteiger charge is 2.44. The van der Waals surface area contributed by atoms with Crippen molar-refractivity contribution in [2.45, 2.75) is 37.5 Å². The molecule has 48 heavy (non-hydrogen) atoms. The largest absolute Gasteiger partial charge is 0.208 e. The van der Waals surface area contributed by atoms with Crippen LogP contribution >= 0.6 is 0 Å². The molecule has 0 aliphatic heterocycles. The van der Waals surface area contributed by atoms with Crippen LogP contribution in [0.4, 0.5) is 0 Å². The summed E-state index contributed by atoms with van der Waals surface area (Å²) >= 11 is 0. The molecule has 1 heterocycles. The third-order valence-corrected chi connectivity index (χ3v) is 10.4. The van der Waals surface area contributed by atoms with Gasteiger partial charge in [0.2, 0.25) is 0 Å². The molecule has 228 valence electrons. The number of hydrogen-bond donors (Lipinski definition) is 0. The summed E-state index contributed by atoms with van der Waals surface area (Å²) < 4.78 is 0. The average molecular weight is 617 g/mol. The Bertz CT molecular complexity index is 2390. The summed E-state index contributed by atoms with van der Waals surface area (Å²) in [6.45, 7) is 0. The first kappa shape index (κ1) is 28.3. The van der Waals surface area contributed by atoms with Gasteiger partial charge >= 0.3 is 0 Å². The van der Waals surface area contributed by atoms with Crippen LogP contribution in [-0.2, 0) is 5.41 Å².